The lowest BCUT2D eigenvalue weighted by molar-refractivity contribution is -0.140. The van der Waals surface area contributed by atoms with E-state index in [1.54, 1.807) is 31.2 Å². The number of carbonyl (C=O) groups excluding carboxylic acids is 2. The van der Waals surface area contributed by atoms with Gasteiger partial charge in [-0.2, -0.15) is 0 Å². The second-order valence-corrected chi connectivity index (χ2v) is 10.3. The van der Waals surface area contributed by atoms with Crippen LogP contribution in [0.5, 0.6) is 11.5 Å². The minimum Gasteiger partial charge on any atom is -0.493 e. The van der Waals surface area contributed by atoms with Gasteiger partial charge >= 0.3 is 0 Å². The molecule has 0 radical (unpaired) electrons. The van der Waals surface area contributed by atoms with Gasteiger partial charge in [0.15, 0.2) is 11.5 Å². The summed E-state index contributed by atoms with van der Waals surface area (Å²) in [6.45, 7) is 1.24. The number of amides is 2. The first kappa shape index (κ1) is 28.5. The van der Waals surface area contributed by atoms with E-state index < -0.39 is 28.5 Å². The lowest BCUT2D eigenvalue weighted by Crippen LogP contribution is -2.51. The average molecular weight is 546 g/mol. The minimum absolute atomic E-state index is 0.0190. The standard InChI is InChI=1S/C23H29Cl2N3O6S/c1-6-19(23(30)26-2)27(13-15-7-9-17(24)18(25)11-15)22(29)14-28(35(5,31)32)16-8-10-20(33-3)21(12-16)34-4/h7-12,19H,6,13-14H2,1-5H3,(H,26,30). The van der Waals surface area contributed by atoms with Gasteiger partial charge < -0.3 is 19.7 Å². The number of sulfonamides is 1. The van der Waals surface area contributed by atoms with E-state index in [1.165, 1.54) is 38.3 Å². The molecule has 0 saturated carbocycles. The summed E-state index contributed by atoms with van der Waals surface area (Å²) in [6.07, 6.45) is 1.30. The van der Waals surface area contributed by atoms with Gasteiger partial charge in [0.2, 0.25) is 21.8 Å². The number of ether oxygens (including phenoxy) is 2. The van der Waals surface area contributed by atoms with E-state index in [-0.39, 0.29) is 18.1 Å². The Bertz CT molecular complexity index is 1180. The Morgan fingerprint density at radius 3 is 2.20 bits per heavy atom. The third-order valence-corrected chi connectivity index (χ3v) is 7.18. The normalized spacial score (nSPS) is 12.0. The minimum atomic E-state index is -3.88. The number of anilines is 1. The van der Waals surface area contributed by atoms with Gasteiger partial charge in [-0.1, -0.05) is 36.2 Å². The SMILES string of the molecule is CCC(C(=O)NC)N(Cc1ccc(Cl)c(Cl)c1)C(=O)CN(c1ccc(OC)c(OC)c1)S(C)(=O)=O. The van der Waals surface area contributed by atoms with Crippen molar-refractivity contribution in [3.8, 4) is 11.5 Å². The van der Waals surface area contributed by atoms with Crippen LogP contribution in [-0.4, -0.2) is 65.2 Å². The van der Waals surface area contributed by atoms with Crippen LogP contribution < -0.4 is 19.1 Å². The smallest absolute Gasteiger partial charge is 0.244 e. The maximum atomic E-state index is 13.6. The van der Waals surface area contributed by atoms with E-state index in [2.05, 4.69) is 5.32 Å². The number of nitrogens with zero attached hydrogens (tertiary/aromatic N) is 2. The zero-order valence-electron chi connectivity index (χ0n) is 20.2. The van der Waals surface area contributed by atoms with Crippen LogP contribution in [-0.2, 0) is 26.2 Å². The molecule has 0 heterocycles. The molecule has 192 valence electrons. The van der Waals surface area contributed by atoms with Gasteiger partial charge in [0.25, 0.3) is 0 Å². The second kappa shape index (κ2) is 12.3. The van der Waals surface area contributed by atoms with E-state index in [9.17, 15) is 18.0 Å². The topological polar surface area (TPSA) is 105 Å². The van der Waals surface area contributed by atoms with Crippen LogP contribution in [0.2, 0.25) is 10.0 Å². The Kier molecular flexibility index (Phi) is 10.1. The predicted octanol–water partition coefficient (Wildman–Crippen LogP) is 3.33. The monoisotopic (exact) mass is 545 g/mol. The first-order valence-corrected chi connectivity index (χ1v) is 13.2. The van der Waals surface area contributed by atoms with Gasteiger partial charge in [-0.15, -0.1) is 0 Å². The van der Waals surface area contributed by atoms with Crippen molar-refractivity contribution < 1.29 is 27.5 Å². The number of halogens is 2. The van der Waals surface area contributed by atoms with Crippen LogP contribution in [0.4, 0.5) is 5.69 Å². The molecule has 12 heteroatoms. The van der Waals surface area contributed by atoms with E-state index in [0.29, 0.717) is 33.5 Å². The fourth-order valence-electron chi connectivity index (χ4n) is 3.51. The van der Waals surface area contributed by atoms with Crippen LogP contribution in [0.3, 0.4) is 0 Å². The number of benzene rings is 2. The highest BCUT2D eigenvalue weighted by Gasteiger charge is 2.31. The van der Waals surface area contributed by atoms with Gasteiger partial charge in [-0.05, 0) is 36.2 Å². The molecule has 0 spiro atoms. The number of methoxy groups -OCH3 is 2. The molecule has 0 aliphatic carbocycles. The molecular weight excluding hydrogens is 517 g/mol. The lowest BCUT2D eigenvalue weighted by Gasteiger charge is -2.32. The largest absolute Gasteiger partial charge is 0.493 e. The predicted molar refractivity (Wildman–Crippen MR) is 137 cm³/mol. The first-order chi connectivity index (χ1) is 16.5. The van der Waals surface area contributed by atoms with Crippen LogP contribution >= 0.6 is 23.2 Å². The first-order valence-electron chi connectivity index (χ1n) is 10.6. The fraction of sp³-hybridized carbons (Fsp3) is 0.391. The van der Waals surface area contributed by atoms with Crippen molar-refractivity contribution in [2.75, 3.05) is 38.4 Å². The molecule has 35 heavy (non-hydrogen) atoms. The molecule has 2 aromatic carbocycles. The maximum absolute atomic E-state index is 13.6. The summed E-state index contributed by atoms with van der Waals surface area (Å²) in [7, 11) is 0.468. The molecule has 0 aromatic heterocycles. The maximum Gasteiger partial charge on any atom is 0.244 e. The van der Waals surface area contributed by atoms with Crippen molar-refractivity contribution in [3.05, 3.63) is 52.0 Å². The molecule has 0 saturated heterocycles. The molecule has 1 unspecified atom stereocenters. The quantitative estimate of drug-likeness (QED) is 0.464. The Labute approximate surface area is 215 Å². The number of likely N-dealkylation sites (N-methyl/N-ethyl adjacent to an activating group) is 1. The van der Waals surface area contributed by atoms with Gasteiger partial charge in [0.05, 0.1) is 36.2 Å². The zero-order chi connectivity index (χ0) is 26.3. The summed E-state index contributed by atoms with van der Waals surface area (Å²) in [5, 5.41) is 3.21. The average Bonchev–Trinajstić information content (AvgIpc) is 2.82. The molecule has 0 fully saturated rings. The van der Waals surface area contributed by atoms with Crippen molar-refractivity contribution in [1.82, 2.24) is 10.2 Å². The third-order valence-electron chi connectivity index (χ3n) is 5.30. The Balaban J connectivity index is 2.49. The summed E-state index contributed by atoms with van der Waals surface area (Å²) >= 11 is 12.1. The number of hydrogen-bond acceptors (Lipinski definition) is 6. The number of carbonyl (C=O) groups is 2. The van der Waals surface area contributed by atoms with Crippen molar-refractivity contribution in [2.45, 2.75) is 25.9 Å². The van der Waals surface area contributed by atoms with E-state index in [1.807, 2.05) is 0 Å². The highest BCUT2D eigenvalue weighted by Crippen LogP contribution is 2.32. The van der Waals surface area contributed by atoms with E-state index >= 15 is 0 Å². The molecule has 0 aliphatic rings. The molecule has 0 aliphatic heterocycles. The molecule has 2 amide bonds. The van der Waals surface area contributed by atoms with Crippen LogP contribution in [0.25, 0.3) is 0 Å². The molecule has 9 nitrogen and oxygen atoms in total. The number of rotatable bonds is 11. The summed E-state index contributed by atoms with van der Waals surface area (Å²) < 4.78 is 36.8. The summed E-state index contributed by atoms with van der Waals surface area (Å²) in [5.41, 5.74) is 0.841. The van der Waals surface area contributed by atoms with Gasteiger partial charge in [0.1, 0.15) is 12.6 Å². The van der Waals surface area contributed by atoms with Crippen molar-refractivity contribution in [2.24, 2.45) is 0 Å². The molecule has 2 aromatic rings. The van der Waals surface area contributed by atoms with Crippen molar-refractivity contribution in [1.29, 1.82) is 0 Å². The highest BCUT2D eigenvalue weighted by molar-refractivity contribution is 7.92. The number of nitrogens with one attached hydrogen (secondary N) is 1. The van der Waals surface area contributed by atoms with Gasteiger partial charge in [-0.3, -0.25) is 13.9 Å². The third kappa shape index (κ3) is 7.16. The van der Waals surface area contributed by atoms with Gasteiger partial charge in [-0.25, -0.2) is 8.42 Å². The molecule has 0 bridgehead atoms. The zero-order valence-corrected chi connectivity index (χ0v) is 22.5. The van der Waals surface area contributed by atoms with Gasteiger partial charge in [0, 0.05) is 19.7 Å². The molecular formula is C23H29Cl2N3O6S. The Morgan fingerprint density at radius 1 is 1.03 bits per heavy atom. The Morgan fingerprint density at radius 2 is 1.69 bits per heavy atom. The highest BCUT2D eigenvalue weighted by atomic mass is 35.5. The lowest BCUT2D eigenvalue weighted by atomic mass is 10.1. The molecule has 1 atom stereocenters. The van der Waals surface area contributed by atoms with E-state index in [4.69, 9.17) is 32.7 Å². The van der Waals surface area contributed by atoms with Crippen LogP contribution in [0, 0.1) is 0 Å². The molecule has 2 rings (SSSR count). The number of hydrogen-bond donors (Lipinski definition) is 1. The second-order valence-electron chi connectivity index (χ2n) is 7.62. The van der Waals surface area contributed by atoms with E-state index in [0.717, 1.165) is 10.6 Å². The van der Waals surface area contributed by atoms with Crippen molar-refractivity contribution in [3.63, 3.8) is 0 Å². The van der Waals surface area contributed by atoms with Crippen LogP contribution in [0.15, 0.2) is 36.4 Å². The van der Waals surface area contributed by atoms with Crippen molar-refractivity contribution >= 4 is 50.7 Å². The summed E-state index contributed by atoms with van der Waals surface area (Å²) in [4.78, 5) is 27.5. The van der Waals surface area contributed by atoms with Crippen LogP contribution in [0.1, 0.15) is 18.9 Å². The summed E-state index contributed by atoms with van der Waals surface area (Å²) in [6, 6.07) is 8.56. The molecule has 1 N–H and O–H groups in total. The fourth-order valence-corrected chi connectivity index (χ4v) is 4.68. The Hall–Kier alpha value is -2.69. The summed E-state index contributed by atoms with van der Waals surface area (Å²) in [5.74, 6) is -0.247.